The molecule has 3 heterocycles. The van der Waals surface area contributed by atoms with Crippen molar-refractivity contribution < 1.29 is 8.78 Å². The minimum atomic E-state index is -0.574. The summed E-state index contributed by atoms with van der Waals surface area (Å²) in [7, 11) is 0. The van der Waals surface area contributed by atoms with Crippen LogP contribution in [0.2, 0.25) is 0 Å². The summed E-state index contributed by atoms with van der Waals surface area (Å²) in [6.45, 7) is 0. The molecule has 7 heteroatoms. The number of nitrogens with zero attached hydrogens (tertiary/aromatic N) is 4. The first kappa shape index (κ1) is 16.3. The second kappa shape index (κ2) is 6.61. The largest absolute Gasteiger partial charge is 0.322 e. The summed E-state index contributed by atoms with van der Waals surface area (Å²) in [5.74, 6) is -0.730. The molecule has 3 aromatic heterocycles. The number of pyridine rings is 2. The summed E-state index contributed by atoms with van der Waals surface area (Å²) < 4.78 is 29.0. The van der Waals surface area contributed by atoms with Crippen LogP contribution < -0.4 is 5.73 Å². The molecule has 0 fully saturated rings. The van der Waals surface area contributed by atoms with E-state index in [0.29, 0.717) is 16.8 Å². The highest BCUT2D eigenvalue weighted by molar-refractivity contribution is 5.80. The number of benzene rings is 1. The molecule has 2 N–H and O–H groups in total. The molecule has 0 aliphatic rings. The highest BCUT2D eigenvalue weighted by Gasteiger charge is 2.18. The minimum absolute atomic E-state index is 0.199. The first-order chi connectivity index (χ1) is 12.6. The van der Waals surface area contributed by atoms with Gasteiger partial charge in [0, 0.05) is 24.2 Å². The van der Waals surface area contributed by atoms with E-state index in [0.717, 1.165) is 5.52 Å². The average molecular weight is 351 g/mol. The molecule has 0 amide bonds. The van der Waals surface area contributed by atoms with Crippen LogP contribution in [-0.4, -0.2) is 19.7 Å². The van der Waals surface area contributed by atoms with Crippen LogP contribution in [0.1, 0.15) is 17.4 Å². The molecule has 130 valence electrons. The molecular formula is C19H15F2N5. The summed E-state index contributed by atoms with van der Waals surface area (Å²) in [5, 5.41) is 5.01. The Labute approximate surface area is 148 Å². The van der Waals surface area contributed by atoms with Gasteiger partial charge in [-0.3, -0.25) is 9.97 Å². The topological polar surface area (TPSA) is 69.6 Å². The molecule has 0 unspecified atom stereocenters. The van der Waals surface area contributed by atoms with Gasteiger partial charge >= 0.3 is 0 Å². The van der Waals surface area contributed by atoms with Gasteiger partial charge in [0.2, 0.25) is 0 Å². The van der Waals surface area contributed by atoms with Gasteiger partial charge in [-0.05, 0) is 42.5 Å². The third-order valence-corrected chi connectivity index (χ3v) is 4.17. The minimum Gasteiger partial charge on any atom is -0.322 e. The van der Waals surface area contributed by atoms with Crippen molar-refractivity contribution in [3.05, 3.63) is 84.1 Å². The van der Waals surface area contributed by atoms with Gasteiger partial charge in [-0.2, -0.15) is 5.10 Å². The van der Waals surface area contributed by atoms with Gasteiger partial charge in [-0.15, -0.1) is 0 Å². The standard InChI is InChI=1S/C19H15F2N5/c20-13-5-6-17-12(9-13)11-25-26(17)18-4-2-8-24-19(18)15(22)10-16-14(21)3-1-7-23-16/h1-9,11,15H,10,22H2/t15-/m0/s1. The Kier molecular flexibility index (Phi) is 4.14. The predicted octanol–water partition coefficient (Wildman–Crippen LogP) is 3.34. The summed E-state index contributed by atoms with van der Waals surface area (Å²) in [4.78, 5) is 8.42. The predicted molar refractivity (Wildman–Crippen MR) is 93.7 cm³/mol. The molecule has 1 atom stereocenters. The molecule has 4 rings (SSSR count). The summed E-state index contributed by atoms with van der Waals surface area (Å²) in [6.07, 6.45) is 4.93. The fourth-order valence-electron chi connectivity index (χ4n) is 2.94. The van der Waals surface area contributed by atoms with E-state index in [1.807, 2.05) is 6.07 Å². The lowest BCUT2D eigenvalue weighted by Crippen LogP contribution is -2.19. The van der Waals surface area contributed by atoms with Crippen LogP contribution in [0.15, 0.2) is 61.1 Å². The van der Waals surface area contributed by atoms with E-state index in [4.69, 9.17) is 5.73 Å². The van der Waals surface area contributed by atoms with Gasteiger partial charge in [0.05, 0.1) is 34.8 Å². The smallest absolute Gasteiger partial charge is 0.144 e. The molecule has 26 heavy (non-hydrogen) atoms. The third kappa shape index (κ3) is 2.93. The van der Waals surface area contributed by atoms with Gasteiger partial charge in [-0.1, -0.05) is 0 Å². The number of rotatable bonds is 4. The average Bonchev–Trinajstić information content (AvgIpc) is 3.06. The SMILES string of the molecule is N[C@@H](Cc1ncccc1F)c1ncccc1-n1ncc2cc(F)ccc21. The van der Waals surface area contributed by atoms with Crippen molar-refractivity contribution in [1.82, 2.24) is 19.7 Å². The van der Waals surface area contributed by atoms with Crippen molar-refractivity contribution in [1.29, 1.82) is 0 Å². The number of halogens is 2. The Balaban J connectivity index is 1.76. The lowest BCUT2D eigenvalue weighted by Gasteiger charge is -2.16. The fraction of sp³-hybridized carbons (Fsp3) is 0.105. The normalized spacial score (nSPS) is 12.4. The van der Waals surface area contributed by atoms with E-state index in [1.54, 1.807) is 29.2 Å². The van der Waals surface area contributed by atoms with Crippen molar-refractivity contribution in [2.45, 2.75) is 12.5 Å². The maximum absolute atomic E-state index is 13.9. The van der Waals surface area contributed by atoms with Crippen LogP contribution >= 0.6 is 0 Å². The molecule has 1 aromatic carbocycles. The first-order valence-electron chi connectivity index (χ1n) is 8.07. The number of fused-ring (bicyclic) bond motifs is 1. The Morgan fingerprint density at radius 1 is 1.04 bits per heavy atom. The maximum Gasteiger partial charge on any atom is 0.144 e. The molecule has 0 aliphatic carbocycles. The van der Waals surface area contributed by atoms with Crippen molar-refractivity contribution in [2.75, 3.05) is 0 Å². The zero-order chi connectivity index (χ0) is 18.1. The van der Waals surface area contributed by atoms with E-state index in [1.165, 1.54) is 30.5 Å². The molecule has 4 aromatic rings. The molecule has 0 spiro atoms. The second-order valence-corrected chi connectivity index (χ2v) is 5.91. The van der Waals surface area contributed by atoms with Gasteiger partial charge in [-0.25, -0.2) is 13.5 Å². The van der Waals surface area contributed by atoms with Crippen LogP contribution in [0.3, 0.4) is 0 Å². The molecule has 0 bridgehead atoms. The van der Waals surface area contributed by atoms with Crippen molar-refractivity contribution in [3.8, 4) is 5.69 Å². The monoisotopic (exact) mass is 351 g/mol. The van der Waals surface area contributed by atoms with Gasteiger partial charge in [0.15, 0.2) is 0 Å². The van der Waals surface area contributed by atoms with Crippen molar-refractivity contribution in [3.63, 3.8) is 0 Å². The number of nitrogens with two attached hydrogens (primary N) is 1. The van der Waals surface area contributed by atoms with E-state index < -0.39 is 11.9 Å². The molecule has 0 saturated heterocycles. The van der Waals surface area contributed by atoms with Crippen LogP contribution in [0.5, 0.6) is 0 Å². The molecule has 0 radical (unpaired) electrons. The molecular weight excluding hydrogens is 336 g/mol. The van der Waals surface area contributed by atoms with Crippen LogP contribution in [-0.2, 0) is 6.42 Å². The summed E-state index contributed by atoms with van der Waals surface area (Å²) in [5.41, 5.74) is 8.54. The Morgan fingerprint density at radius 3 is 2.69 bits per heavy atom. The molecule has 5 nitrogen and oxygen atoms in total. The lowest BCUT2D eigenvalue weighted by atomic mass is 10.1. The van der Waals surface area contributed by atoms with Gasteiger partial charge in [0.1, 0.15) is 11.6 Å². The maximum atomic E-state index is 13.9. The summed E-state index contributed by atoms with van der Waals surface area (Å²) in [6, 6.07) is 10.3. The Bertz CT molecular complexity index is 1080. The van der Waals surface area contributed by atoms with Crippen LogP contribution in [0, 0.1) is 11.6 Å². The van der Waals surface area contributed by atoms with E-state index in [9.17, 15) is 8.78 Å². The van der Waals surface area contributed by atoms with Crippen LogP contribution in [0.4, 0.5) is 8.78 Å². The number of aromatic nitrogens is 4. The van der Waals surface area contributed by atoms with E-state index >= 15 is 0 Å². The zero-order valence-corrected chi connectivity index (χ0v) is 13.7. The van der Waals surface area contributed by atoms with Crippen LogP contribution in [0.25, 0.3) is 16.6 Å². The van der Waals surface area contributed by atoms with E-state index in [2.05, 4.69) is 15.1 Å². The van der Waals surface area contributed by atoms with Gasteiger partial charge in [0.25, 0.3) is 0 Å². The fourth-order valence-corrected chi connectivity index (χ4v) is 2.94. The first-order valence-corrected chi connectivity index (χ1v) is 8.07. The summed E-state index contributed by atoms with van der Waals surface area (Å²) >= 11 is 0. The number of hydrogen-bond acceptors (Lipinski definition) is 4. The van der Waals surface area contributed by atoms with Gasteiger partial charge < -0.3 is 5.73 Å². The highest BCUT2D eigenvalue weighted by atomic mass is 19.1. The zero-order valence-electron chi connectivity index (χ0n) is 13.7. The van der Waals surface area contributed by atoms with Crippen molar-refractivity contribution >= 4 is 10.9 Å². The molecule has 0 saturated carbocycles. The van der Waals surface area contributed by atoms with Crippen molar-refractivity contribution in [2.24, 2.45) is 5.73 Å². The lowest BCUT2D eigenvalue weighted by molar-refractivity contribution is 0.575. The van der Waals surface area contributed by atoms with E-state index in [-0.39, 0.29) is 17.9 Å². The highest BCUT2D eigenvalue weighted by Crippen LogP contribution is 2.25. The second-order valence-electron chi connectivity index (χ2n) is 5.91. The Morgan fingerprint density at radius 2 is 1.85 bits per heavy atom. The Hall–Kier alpha value is -3.19. The quantitative estimate of drug-likeness (QED) is 0.612. The number of hydrogen-bond donors (Lipinski definition) is 1. The third-order valence-electron chi connectivity index (χ3n) is 4.17. The molecule has 0 aliphatic heterocycles.